The number of urea groups is 1. The Labute approximate surface area is 217 Å². The Hall–Kier alpha value is 0.0364. The molecule has 1 heterocycles. The van der Waals surface area contributed by atoms with E-state index in [9.17, 15) is 13.2 Å². The number of hydrogen-bond acceptors (Lipinski definition) is 4. The van der Waals surface area contributed by atoms with Crippen molar-refractivity contribution in [3.05, 3.63) is 33.0 Å². The topological polar surface area (TPSA) is 80.6 Å². The molecule has 1 aromatic rings. The zero-order chi connectivity index (χ0) is 19.9. The van der Waals surface area contributed by atoms with Crippen molar-refractivity contribution in [1.29, 1.82) is 0 Å². The van der Waals surface area contributed by atoms with E-state index in [0.717, 1.165) is 57.1 Å². The largest absolute Gasteiger partial charge is 1.00 e. The Morgan fingerprint density at radius 3 is 2.17 bits per heavy atom. The van der Waals surface area contributed by atoms with E-state index in [1.807, 2.05) is 0 Å². The maximum absolute atomic E-state index is 12.6. The second-order valence-corrected chi connectivity index (χ2v) is 10.2. The summed E-state index contributed by atoms with van der Waals surface area (Å²) in [6.07, 6.45) is 8.14. The molecule has 0 radical (unpaired) electrons. The van der Waals surface area contributed by atoms with Crippen LogP contribution in [0, 0.1) is 0 Å². The number of fused-ring (bicyclic) bond motifs is 2. The predicted molar refractivity (Wildman–Crippen MR) is 112 cm³/mol. The summed E-state index contributed by atoms with van der Waals surface area (Å²) < 4.78 is 28.8. The normalized spacial score (nSPS) is 18.7. The van der Waals surface area contributed by atoms with Crippen LogP contribution in [0.1, 0.15) is 61.8 Å². The molecule has 0 atom stereocenters. The van der Waals surface area contributed by atoms with Crippen molar-refractivity contribution in [2.75, 3.05) is 18.4 Å². The molecular weight excluding hydrogens is 413 g/mol. The van der Waals surface area contributed by atoms with Crippen molar-refractivity contribution < 1.29 is 64.6 Å². The minimum atomic E-state index is -3.78. The van der Waals surface area contributed by atoms with Gasteiger partial charge in [0.1, 0.15) is 0 Å². The molecule has 6 nitrogen and oxygen atoms in total. The van der Waals surface area contributed by atoms with Gasteiger partial charge < -0.3 is 10.0 Å². The molecule has 0 saturated carbocycles. The zero-order valence-corrected chi connectivity index (χ0v) is 21.8. The molecule has 0 spiro atoms. The van der Waals surface area contributed by atoms with Gasteiger partial charge in [-0.15, -0.1) is 0 Å². The van der Waals surface area contributed by atoms with Gasteiger partial charge in [-0.25, -0.2) is 8.42 Å². The molecule has 3 aliphatic rings. The predicted octanol–water partition coefficient (Wildman–Crippen LogP) is 0.776. The van der Waals surface area contributed by atoms with Crippen LogP contribution >= 0.6 is 0 Å². The summed E-state index contributed by atoms with van der Waals surface area (Å²) in [6, 6.07) is 1.96. The van der Waals surface area contributed by atoms with Crippen LogP contribution in [0.2, 0.25) is 0 Å². The van der Waals surface area contributed by atoms with E-state index in [-0.39, 0.29) is 51.4 Å². The van der Waals surface area contributed by atoms with Gasteiger partial charge in [-0.3, -0.25) is 9.69 Å². The summed E-state index contributed by atoms with van der Waals surface area (Å²) in [4.78, 5) is 14.7. The first kappa shape index (κ1) is 23.7. The summed E-state index contributed by atoms with van der Waals surface area (Å²) in [5.41, 5.74) is 5.83. The second kappa shape index (κ2) is 9.67. The minimum Gasteiger partial charge on any atom is -0.423 e. The molecule has 1 saturated heterocycles. The SMILES string of the molecule is CCC(CC)N1CC(S(=O)(=O)[N-]C(=O)Nc2c3c(cc4c2CCC4)CCC3)C1.[K+]. The van der Waals surface area contributed by atoms with Gasteiger partial charge in [0.25, 0.3) is 0 Å². The summed E-state index contributed by atoms with van der Waals surface area (Å²) in [5.74, 6) is 0. The van der Waals surface area contributed by atoms with E-state index in [2.05, 4.69) is 34.9 Å². The van der Waals surface area contributed by atoms with Crippen LogP contribution in [0.3, 0.4) is 0 Å². The fraction of sp³-hybridized carbons (Fsp3) is 0.667. The first-order chi connectivity index (χ1) is 13.4. The number of nitrogens with one attached hydrogen (secondary N) is 1. The Morgan fingerprint density at radius 1 is 1.10 bits per heavy atom. The van der Waals surface area contributed by atoms with Crippen molar-refractivity contribution in [2.45, 2.75) is 76.5 Å². The average molecular weight is 444 g/mol. The Kier molecular flexibility index (Phi) is 7.90. The van der Waals surface area contributed by atoms with E-state index < -0.39 is 21.3 Å². The van der Waals surface area contributed by atoms with Crippen LogP contribution in [0.5, 0.6) is 0 Å². The molecule has 0 bridgehead atoms. The summed E-state index contributed by atoms with van der Waals surface area (Å²) in [7, 11) is -3.78. The summed E-state index contributed by atoms with van der Waals surface area (Å²) in [6.45, 7) is 5.18. The van der Waals surface area contributed by atoms with Crippen LogP contribution in [0.15, 0.2) is 6.07 Å². The van der Waals surface area contributed by atoms with Crippen LogP contribution in [0.25, 0.3) is 4.72 Å². The van der Waals surface area contributed by atoms with E-state index in [1.165, 1.54) is 22.3 Å². The molecule has 2 amide bonds. The number of carbonyl (C=O) groups excluding carboxylic acids is 1. The molecule has 1 aromatic carbocycles. The molecule has 2 aliphatic carbocycles. The number of sulfonamides is 1. The smallest absolute Gasteiger partial charge is 0.423 e. The van der Waals surface area contributed by atoms with Gasteiger partial charge in [-0.05, 0) is 79.3 Å². The van der Waals surface area contributed by atoms with E-state index in [1.54, 1.807) is 0 Å². The maximum Gasteiger partial charge on any atom is 1.00 e. The third kappa shape index (κ3) is 4.78. The first-order valence-corrected chi connectivity index (χ1v) is 12.1. The molecule has 0 unspecified atom stereocenters. The molecule has 8 heteroatoms. The summed E-state index contributed by atoms with van der Waals surface area (Å²) >= 11 is 0. The molecule has 0 aromatic heterocycles. The van der Waals surface area contributed by atoms with Gasteiger partial charge >= 0.3 is 51.4 Å². The van der Waals surface area contributed by atoms with Gasteiger partial charge in [0.05, 0.1) is 5.25 Å². The number of carbonyl (C=O) groups is 1. The maximum atomic E-state index is 12.6. The molecule has 29 heavy (non-hydrogen) atoms. The number of benzene rings is 1. The van der Waals surface area contributed by atoms with Crippen molar-refractivity contribution in [1.82, 2.24) is 4.90 Å². The molecule has 154 valence electrons. The number of hydrogen-bond donors (Lipinski definition) is 1. The Balaban J connectivity index is 0.00000240. The van der Waals surface area contributed by atoms with Crippen molar-refractivity contribution in [2.24, 2.45) is 0 Å². The van der Waals surface area contributed by atoms with Crippen LogP contribution in [0.4, 0.5) is 10.5 Å². The molecule has 1 fully saturated rings. The van der Waals surface area contributed by atoms with Crippen LogP contribution in [-0.2, 0) is 35.7 Å². The van der Waals surface area contributed by atoms with E-state index in [4.69, 9.17) is 0 Å². The van der Waals surface area contributed by atoms with Gasteiger partial charge in [0, 0.05) is 19.1 Å². The summed E-state index contributed by atoms with van der Waals surface area (Å²) in [5, 5.41) is 2.30. The standard InChI is InChI=1S/C21H31N3O3S.K/c1-3-16(4-2)24-12-17(13-24)28(26,27)23-21(25)22-20-18-9-5-7-14(18)11-15-8-6-10-19(15)20;/h11,16-17H,3-10,12-13H2,1-2H3,(H2,22,23,25);/q;+1/p-1. The third-order valence-electron chi connectivity index (χ3n) is 6.67. The van der Waals surface area contributed by atoms with Gasteiger partial charge in [-0.1, -0.05) is 19.9 Å². The number of rotatable bonds is 6. The molecule has 1 N–H and O–H groups in total. The Morgan fingerprint density at radius 2 is 1.66 bits per heavy atom. The monoisotopic (exact) mass is 443 g/mol. The van der Waals surface area contributed by atoms with Crippen molar-refractivity contribution >= 4 is 21.7 Å². The van der Waals surface area contributed by atoms with Crippen LogP contribution < -0.4 is 56.7 Å². The average Bonchev–Trinajstić information content (AvgIpc) is 3.25. The van der Waals surface area contributed by atoms with Crippen molar-refractivity contribution in [3.63, 3.8) is 0 Å². The molecular formula is C21H30KN3O3S. The minimum absolute atomic E-state index is 0. The number of amides is 2. The fourth-order valence-electron chi connectivity index (χ4n) is 5.05. The van der Waals surface area contributed by atoms with Gasteiger partial charge in [0.2, 0.25) is 0 Å². The number of aryl methyl sites for hydroxylation is 2. The van der Waals surface area contributed by atoms with E-state index in [0.29, 0.717) is 19.1 Å². The number of nitrogens with zero attached hydrogens (tertiary/aromatic N) is 2. The number of likely N-dealkylation sites (tertiary alicyclic amines) is 1. The number of anilines is 1. The second-order valence-electron chi connectivity index (χ2n) is 8.32. The third-order valence-corrected chi connectivity index (χ3v) is 8.23. The van der Waals surface area contributed by atoms with Crippen molar-refractivity contribution in [3.8, 4) is 0 Å². The molecule has 1 aliphatic heterocycles. The quantitative estimate of drug-likeness (QED) is 0.659. The van der Waals surface area contributed by atoms with E-state index >= 15 is 0 Å². The first-order valence-electron chi connectivity index (χ1n) is 10.6. The Bertz CT molecular complexity index is 845. The fourth-order valence-corrected chi connectivity index (χ4v) is 6.23. The van der Waals surface area contributed by atoms with Gasteiger partial charge in [-0.2, -0.15) is 0 Å². The molecule has 4 rings (SSSR count). The van der Waals surface area contributed by atoms with Crippen LogP contribution in [-0.4, -0.2) is 43.7 Å². The van der Waals surface area contributed by atoms with Gasteiger partial charge in [0.15, 0.2) is 16.1 Å². The zero-order valence-electron chi connectivity index (χ0n) is 17.8.